The van der Waals surface area contributed by atoms with Crippen LogP contribution < -0.4 is 11.2 Å². The van der Waals surface area contributed by atoms with Crippen LogP contribution in [0.3, 0.4) is 0 Å². The molecule has 0 atom stereocenters. The normalized spacial score (nSPS) is 11.4. The number of thiazole rings is 1. The standard InChI is InChI=1S/C11H9F3N4S/c12-8-3-1-2-6(10(13)14)7(8)4-16-18-11-17-9(15)5-19-11/h1-5,10H,15H2,(H,17,18). The molecule has 19 heavy (non-hydrogen) atoms. The van der Waals surface area contributed by atoms with Gasteiger partial charge in [-0.25, -0.2) is 18.2 Å². The molecule has 0 fully saturated rings. The highest BCUT2D eigenvalue weighted by Gasteiger charge is 2.14. The molecule has 0 saturated carbocycles. The van der Waals surface area contributed by atoms with Crippen LogP contribution in [0, 0.1) is 5.82 Å². The van der Waals surface area contributed by atoms with E-state index in [2.05, 4.69) is 15.5 Å². The Labute approximate surface area is 110 Å². The van der Waals surface area contributed by atoms with Gasteiger partial charge in [-0.05, 0) is 6.07 Å². The lowest BCUT2D eigenvalue weighted by atomic mass is 10.1. The Morgan fingerprint density at radius 2 is 2.21 bits per heavy atom. The molecular formula is C11H9F3N4S. The van der Waals surface area contributed by atoms with Crippen LogP contribution in [0.25, 0.3) is 0 Å². The Kier molecular flexibility index (Phi) is 4.00. The lowest BCUT2D eigenvalue weighted by molar-refractivity contribution is 0.151. The molecule has 100 valence electrons. The summed E-state index contributed by atoms with van der Waals surface area (Å²) in [7, 11) is 0. The van der Waals surface area contributed by atoms with Crippen molar-refractivity contribution in [3.8, 4) is 0 Å². The molecule has 1 aromatic heterocycles. The van der Waals surface area contributed by atoms with E-state index in [9.17, 15) is 13.2 Å². The molecule has 0 spiro atoms. The van der Waals surface area contributed by atoms with Crippen molar-refractivity contribution in [2.24, 2.45) is 5.10 Å². The maximum absolute atomic E-state index is 13.5. The van der Waals surface area contributed by atoms with Crippen LogP contribution in [0.15, 0.2) is 28.7 Å². The van der Waals surface area contributed by atoms with Crippen LogP contribution in [-0.2, 0) is 0 Å². The fraction of sp³-hybridized carbons (Fsp3) is 0.0909. The number of halogens is 3. The molecular weight excluding hydrogens is 277 g/mol. The van der Waals surface area contributed by atoms with Gasteiger partial charge in [0.15, 0.2) is 0 Å². The van der Waals surface area contributed by atoms with E-state index in [1.165, 1.54) is 17.4 Å². The van der Waals surface area contributed by atoms with Gasteiger partial charge in [0.25, 0.3) is 6.43 Å². The smallest absolute Gasteiger partial charge is 0.264 e. The number of rotatable bonds is 4. The van der Waals surface area contributed by atoms with Crippen molar-refractivity contribution in [1.82, 2.24) is 4.98 Å². The van der Waals surface area contributed by atoms with Crippen LogP contribution in [0.5, 0.6) is 0 Å². The summed E-state index contributed by atoms with van der Waals surface area (Å²) >= 11 is 1.20. The van der Waals surface area contributed by atoms with Gasteiger partial charge in [-0.2, -0.15) is 5.10 Å². The number of hydrogen-bond acceptors (Lipinski definition) is 5. The van der Waals surface area contributed by atoms with E-state index in [1.54, 1.807) is 5.38 Å². The first-order valence-electron chi connectivity index (χ1n) is 5.14. The van der Waals surface area contributed by atoms with E-state index in [4.69, 9.17) is 5.73 Å². The van der Waals surface area contributed by atoms with Crippen LogP contribution in [0.4, 0.5) is 24.1 Å². The third-order valence-corrected chi connectivity index (χ3v) is 2.96. The van der Waals surface area contributed by atoms with Gasteiger partial charge in [0.2, 0.25) is 5.13 Å². The fourth-order valence-electron chi connectivity index (χ4n) is 1.37. The highest BCUT2D eigenvalue weighted by atomic mass is 32.1. The van der Waals surface area contributed by atoms with Gasteiger partial charge in [0, 0.05) is 16.5 Å². The van der Waals surface area contributed by atoms with Crippen molar-refractivity contribution in [1.29, 1.82) is 0 Å². The number of nitrogens with two attached hydrogens (primary N) is 1. The second-order valence-electron chi connectivity index (χ2n) is 3.49. The number of nitrogens with one attached hydrogen (secondary N) is 1. The summed E-state index contributed by atoms with van der Waals surface area (Å²) in [6, 6.07) is 3.47. The molecule has 1 aromatic carbocycles. The predicted octanol–water partition coefficient (Wildman–Crippen LogP) is 3.25. The maximum Gasteiger partial charge on any atom is 0.264 e. The summed E-state index contributed by atoms with van der Waals surface area (Å²) in [5.74, 6) is -0.441. The molecule has 0 aliphatic heterocycles. The first-order chi connectivity index (χ1) is 9.08. The van der Waals surface area contributed by atoms with Crippen molar-refractivity contribution < 1.29 is 13.2 Å². The first kappa shape index (κ1) is 13.3. The quantitative estimate of drug-likeness (QED) is 0.670. The highest BCUT2D eigenvalue weighted by molar-refractivity contribution is 7.14. The molecule has 1 heterocycles. The Balaban J connectivity index is 2.18. The number of aromatic nitrogens is 1. The Morgan fingerprint density at radius 3 is 2.84 bits per heavy atom. The predicted molar refractivity (Wildman–Crippen MR) is 69.1 cm³/mol. The van der Waals surface area contributed by atoms with Gasteiger partial charge in [-0.3, -0.25) is 5.43 Å². The summed E-state index contributed by atoms with van der Waals surface area (Å²) < 4.78 is 38.8. The summed E-state index contributed by atoms with van der Waals surface area (Å²) in [4.78, 5) is 3.85. The monoisotopic (exact) mass is 286 g/mol. The van der Waals surface area contributed by atoms with Crippen molar-refractivity contribution in [2.75, 3.05) is 11.2 Å². The van der Waals surface area contributed by atoms with E-state index < -0.39 is 17.8 Å². The molecule has 0 bridgehead atoms. The number of benzene rings is 1. The maximum atomic E-state index is 13.5. The van der Waals surface area contributed by atoms with E-state index in [0.29, 0.717) is 10.9 Å². The average Bonchev–Trinajstić information content (AvgIpc) is 2.77. The summed E-state index contributed by atoms with van der Waals surface area (Å²) in [5, 5.41) is 5.65. The minimum Gasteiger partial charge on any atom is -0.383 e. The van der Waals surface area contributed by atoms with Crippen molar-refractivity contribution in [3.05, 3.63) is 40.5 Å². The first-order valence-corrected chi connectivity index (χ1v) is 6.02. The Morgan fingerprint density at radius 1 is 1.42 bits per heavy atom. The molecule has 3 N–H and O–H groups in total. The zero-order chi connectivity index (χ0) is 13.8. The minimum atomic E-state index is -2.77. The lowest BCUT2D eigenvalue weighted by Crippen LogP contribution is -1.99. The second kappa shape index (κ2) is 5.70. The third kappa shape index (κ3) is 3.22. The average molecular weight is 286 g/mol. The summed E-state index contributed by atoms with van der Waals surface area (Å²) in [5.41, 5.74) is 7.22. The van der Waals surface area contributed by atoms with Crippen molar-refractivity contribution >= 4 is 28.5 Å². The molecule has 0 aliphatic carbocycles. The van der Waals surface area contributed by atoms with Crippen LogP contribution >= 0.6 is 11.3 Å². The number of nitrogen functional groups attached to an aromatic ring is 1. The van der Waals surface area contributed by atoms with Crippen molar-refractivity contribution in [3.63, 3.8) is 0 Å². The zero-order valence-electron chi connectivity index (χ0n) is 9.48. The fourth-order valence-corrected chi connectivity index (χ4v) is 1.92. The Bertz CT molecular complexity index is 597. The van der Waals surface area contributed by atoms with Crippen LogP contribution in [0.1, 0.15) is 17.6 Å². The van der Waals surface area contributed by atoms with Gasteiger partial charge >= 0.3 is 0 Å². The number of alkyl halides is 2. The SMILES string of the molecule is Nc1csc(NN=Cc2c(F)cccc2C(F)F)n1. The second-order valence-corrected chi connectivity index (χ2v) is 4.35. The van der Waals surface area contributed by atoms with Gasteiger partial charge in [0.1, 0.15) is 11.6 Å². The van der Waals surface area contributed by atoms with E-state index >= 15 is 0 Å². The third-order valence-electron chi connectivity index (χ3n) is 2.20. The van der Waals surface area contributed by atoms with Gasteiger partial charge in [-0.1, -0.05) is 12.1 Å². The molecule has 8 heteroatoms. The molecule has 2 rings (SSSR count). The molecule has 0 unspecified atom stereocenters. The number of nitrogens with zero attached hydrogens (tertiary/aromatic N) is 2. The topological polar surface area (TPSA) is 63.3 Å². The largest absolute Gasteiger partial charge is 0.383 e. The van der Waals surface area contributed by atoms with Gasteiger partial charge in [-0.15, -0.1) is 11.3 Å². The van der Waals surface area contributed by atoms with Crippen molar-refractivity contribution in [2.45, 2.75) is 6.43 Å². The highest BCUT2D eigenvalue weighted by Crippen LogP contribution is 2.23. The van der Waals surface area contributed by atoms with E-state index in [1.807, 2.05) is 0 Å². The number of hydrogen-bond donors (Lipinski definition) is 2. The molecule has 0 radical (unpaired) electrons. The zero-order valence-corrected chi connectivity index (χ0v) is 10.3. The molecule has 0 saturated heterocycles. The summed E-state index contributed by atoms with van der Waals surface area (Å²) in [6.07, 6.45) is -1.78. The Hall–Kier alpha value is -2.09. The van der Waals surface area contributed by atoms with Crippen LogP contribution in [-0.4, -0.2) is 11.2 Å². The summed E-state index contributed by atoms with van der Waals surface area (Å²) in [6.45, 7) is 0. The number of hydrazone groups is 1. The minimum absolute atomic E-state index is 0.255. The number of anilines is 2. The molecule has 4 nitrogen and oxygen atoms in total. The van der Waals surface area contributed by atoms with Crippen LogP contribution in [0.2, 0.25) is 0 Å². The van der Waals surface area contributed by atoms with Gasteiger partial charge < -0.3 is 5.73 Å². The van der Waals surface area contributed by atoms with E-state index in [-0.39, 0.29) is 5.56 Å². The molecule has 0 aliphatic rings. The molecule has 2 aromatic rings. The molecule has 0 amide bonds. The van der Waals surface area contributed by atoms with Gasteiger partial charge in [0.05, 0.1) is 6.21 Å². The van der Waals surface area contributed by atoms with E-state index in [0.717, 1.165) is 18.3 Å². The lowest BCUT2D eigenvalue weighted by Gasteiger charge is -2.05.